The number of aromatic nitrogens is 2. The van der Waals surface area contributed by atoms with Crippen molar-refractivity contribution in [1.82, 2.24) is 15.0 Å². The van der Waals surface area contributed by atoms with Crippen molar-refractivity contribution in [3.05, 3.63) is 23.4 Å². The zero-order chi connectivity index (χ0) is 15.2. The van der Waals surface area contributed by atoms with E-state index in [1.54, 1.807) is 11.3 Å². The number of hydrogen-bond acceptors (Lipinski definition) is 6. The summed E-state index contributed by atoms with van der Waals surface area (Å²) < 4.78 is 5.32. The van der Waals surface area contributed by atoms with Crippen molar-refractivity contribution in [1.29, 1.82) is 0 Å². The molecular formula is C15H18ClN3O3S. The van der Waals surface area contributed by atoms with E-state index in [9.17, 15) is 9.90 Å². The largest absolute Gasteiger partial charge is 0.481 e. The Balaban J connectivity index is 0.00000156. The van der Waals surface area contributed by atoms with Crippen LogP contribution in [0, 0.1) is 11.3 Å². The van der Waals surface area contributed by atoms with Gasteiger partial charge in [0.2, 0.25) is 11.7 Å². The molecule has 1 aliphatic carbocycles. The van der Waals surface area contributed by atoms with Crippen LogP contribution in [0.3, 0.4) is 0 Å². The minimum absolute atomic E-state index is 0. The van der Waals surface area contributed by atoms with Crippen LogP contribution >= 0.6 is 23.7 Å². The molecule has 6 nitrogen and oxygen atoms in total. The lowest BCUT2D eigenvalue weighted by atomic mass is 9.81. The van der Waals surface area contributed by atoms with Gasteiger partial charge in [-0.05, 0) is 30.2 Å². The lowest BCUT2D eigenvalue weighted by Crippen LogP contribution is -2.35. The molecule has 0 radical (unpaired) electrons. The molecule has 1 saturated carbocycles. The van der Waals surface area contributed by atoms with Gasteiger partial charge in [0, 0.05) is 13.1 Å². The number of carboxylic acid groups (broad SMARTS) is 1. The first-order valence-electron chi connectivity index (χ1n) is 7.49. The molecule has 1 saturated heterocycles. The fourth-order valence-electron chi connectivity index (χ4n) is 3.88. The molecule has 8 heteroatoms. The summed E-state index contributed by atoms with van der Waals surface area (Å²) in [7, 11) is 0. The molecule has 2 aromatic rings. The van der Waals surface area contributed by atoms with E-state index in [1.807, 2.05) is 17.5 Å². The van der Waals surface area contributed by atoms with Crippen LogP contribution in [0.2, 0.25) is 0 Å². The second-order valence-electron chi connectivity index (χ2n) is 6.21. The summed E-state index contributed by atoms with van der Waals surface area (Å²) in [5.41, 5.74) is -0.559. The quantitative estimate of drug-likeness (QED) is 0.908. The standard InChI is InChI=1S/C15H17N3O3S.ClH/c19-14(20)15-5-1-3-10(15)7-18(9-15)8-12-16-13(17-21-12)11-4-2-6-22-11;/h2,4,6,10H,1,3,5,7-9H2,(H,19,20);1H/t10-,15+;/m0./s1. The molecule has 1 aliphatic heterocycles. The maximum Gasteiger partial charge on any atom is 0.311 e. The summed E-state index contributed by atoms with van der Waals surface area (Å²) in [5.74, 6) is 0.772. The average molecular weight is 356 g/mol. The fourth-order valence-corrected chi connectivity index (χ4v) is 4.53. The summed E-state index contributed by atoms with van der Waals surface area (Å²) in [6, 6.07) is 3.91. The molecule has 2 atom stereocenters. The van der Waals surface area contributed by atoms with Gasteiger partial charge in [0.25, 0.3) is 0 Å². The summed E-state index contributed by atoms with van der Waals surface area (Å²) >= 11 is 1.57. The highest BCUT2D eigenvalue weighted by Crippen LogP contribution is 2.49. The number of halogens is 1. The van der Waals surface area contributed by atoms with Crippen molar-refractivity contribution in [2.45, 2.75) is 25.8 Å². The van der Waals surface area contributed by atoms with E-state index in [4.69, 9.17) is 4.52 Å². The van der Waals surface area contributed by atoms with E-state index >= 15 is 0 Å². The van der Waals surface area contributed by atoms with Crippen LogP contribution < -0.4 is 0 Å². The molecule has 2 fully saturated rings. The van der Waals surface area contributed by atoms with E-state index in [0.29, 0.717) is 24.8 Å². The molecule has 0 aromatic carbocycles. The van der Waals surface area contributed by atoms with Gasteiger partial charge in [-0.15, -0.1) is 23.7 Å². The van der Waals surface area contributed by atoms with Gasteiger partial charge in [0.15, 0.2) is 0 Å². The van der Waals surface area contributed by atoms with Crippen LogP contribution in [0.15, 0.2) is 22.0 Å². The van der Waals surface area contributed by atoms with Gasteiger partial charge in [-0.25, -0.2) is 0 Å². The normalized spacial score (nSPS) is 26.9. The van der Waals surface area contributed by atoms with E-state index in [0.717, 1.165) is 30.7 Å². The Labute approximate surface area is 143 Å². The fraction of sp³-hybridized carbons (Fsp3) is 0.533. The Morgan fingerprint density at radius 3 is 3.13 bits per heavy atom. The highest BCUT2D eigenvalue weighted by atomic mass is 35.5. The molecule has 3 heterocycles. The third kappa shape index (κ3) is 2.77. The number of rotatable bonds is 4. The highest BCUT2D eigenvalue weighted by Gasteiger charge is 2.54. The third-order valence-corrected chi connectivity index (χ3v) is 5.80. The summed E-state index contributed by atoms with van der Waals surface area (Å²) in [5, 5.41) is 15.6. The molecule has 0 bridgehead atoms. The zero-order valence-corrected chi connectivity index (χ0v) is 14.1. The third-order valence-electron chi connectivity index (χ3n) is 4.94. The monoisotopic (exact) mass is 355 g/mol. The van der Waals surface area contributed by atoms with E-state index in [1.165, 1.54) is 0 Å². The number of carbonyl (C=O) groups is 1. The number of likely N-dealkylation sites (tertiary alicyclic amines) is 1. The number of hydrogen-bond donors (Lipinski definition) is 1. The van der Waals surface area contributed by atoms with E-state index in [2.05, 4.69) is 15.0 Å². The summed E-state index contributed by atoms with van der Waals surface area (Å²) in [6.07, 6.45) is 2.81. The van der Waals surface area contributed by atoms with Gasteiger partial charge >= 0.3 is 5.97 Å². The minimum atomic E-state index is -0.651. The smallest absolute Gasteiger partial charge is 0.311 e. The topological polar surface area (TPSA) is 79.5 Å². The van der Waals surface area contributed by atoms with Crippen LogP contribution in [-0.4, -0.2) is 39.2 Å². The molecule has 2 aliphatic rings. The van der Waals surface area contributed by atoms with Crippen LogP contribution in [0.5, 0.6) is 0 Å². The Hall–Kier alpha value is -1.44. The highest BCUT2D eigenvalue weighted by molar-refractivity contribution is 7.13. The lowest BCUT2D eigenvalue weighted by Gasteiger charge is -2.23. The van der Waals surface area contributed by atoms with Gasteiger partial charge in [-0.2, -0.15) is 4.98 Å². The summed E-state index contributed by atoms with van der Waals surface area (Å²) in [6.45, 7) is 1.93. The van der Waals surface area contributed by atoms with Crippen molar-refractivity contribution in [2.75, 3.05) is 13.1 Å². The molecular weight excluding hydrogens is 338 g/mol. The van der Waals surface area contributed by atoms with E-state index in [-0.39, 0.29) is 18.3 Å². The SMILES string of the molecule is Cl.O=C(O)[C@@]12CCC[C@H]1CN(Cc1nc(-c3cccs3)no1)C2. The second-order valence-corrected chi connectivity index (χ2v) is 7.16. The molecule has 23 heavy (non-hydrogen) atoms. The van der Waals surface area contributed by atoms with Gasteiger partial charge < -0.3 is 9.63 Å². The number of nitrogens with zero attached hydrogens (tertiary/aromatic N) is 3. The Morgan fingerprint density at radius 1 is 1.57 bits per heavy atom. The molecule has 4 rings (SSSR count). The van der Waals surface area contributed by atoms with Crippen LogP contribution in [0.25, 0.3) is 10.7 Å². The van der Waals surface area contributed by atoms with Crippen molar-refractivity contribution in [3.63, 3.8) is 0 Å². The number of carboxylic acids is 1. The molecule has 0 amide bonds. The lowest BCUT2D eigenvalue weighted by molar-refractivity contribution is -0.149. The molecule has 0 spiro atoms. The molecule has 2 aromatic heterocycles. The first kappa shape index (κ1) is 16.4. The summed E-state index contributed by atoms with van der Waals surface area (Å²) in [4.78, 5) is 19.2. The van der Waals surface area contributed by atoms with Crippen LogP contribution in [-0.2, 0) is 11.3 Å². The van der Waals surface area contributed by atoms with Crippen molar-refractivity contribution in [3.8, 4) is 10.7 Å². The zero-order valence-electron chi connectivity index (χ0n) is 12.5. The average Bonchev–Trinajstić information content (AvgIpc) is 3.22. The van der Waals surface area contributed by atoms with Crippen LogP contribution in [0.1, 0.15) is 25.2 Å². The van der Waals surface area contributed by atoms with Crippen molar-refractivity contribution in [2.24, 2.45) is 11.3 Å². The molecule has 1 N–H and O–H groups in total. The van der Waals surface area contributed by atoms with Crippen molar-refractivity contribution >= 4 is 29.7 Å². The predicted octanol–water partition coefficient (Wildman–Crippen LogP) is 2.91. The first-order valence-corrected chi connectivity index (χ1v) is 8.37. The molecule has 124 valence electrons. The number of fused-ring (bicyclic) bond motifs is 1. The number of thiophene rings is 1. The van der Waals surface area contributed by atoms with E-state index < -0.39 is 11.4 Å². The second kappa shape index (κ2) is 6.22. The predicted molar refractivity (Wildman–Crippen MR) is 87.5 cm³/mol. The minimum Gasteiger partial charge on any atom is -0.481 e. The molecule has 0 unspecified atom stereocenters. The Morgan fingerprint density at radius 2 is 2.43 bits per heavy atom. The first-order chi connectivity index (χ1) is 10.7. The van der Waals surface area contributed by atoms with Gasteiger partial charge in [-0.3, -0.25) is 9.69 Å². The van der Waals surface area contributed by atoms with Crippen LogP contribution in [0.4, 0.5) is 0 Å². The number of aliphatic carboxylic acids is 1. The maximum absolute atomic E-state index is 11.7. The maximum atomic E-state index is 11.7. The van der Waals surface area contributed by atoms with Gasteiger partial charge in [-0.1, -0.05) is 17.6 Å². The Bertz CT molecular complexity index is 690. The van der Waals surface area contributed by atoms with Gasteiger partial charge in [0.1, 0.15) is 0 Å². The van der Waals surface area contributed by atoms with Gasteiger partial charge in [0.05, 0.1) is 16.8 Å². The van der Waals surface area contributed by atoms with Crippen molar-refractivity contribution < 1.29 is 14.4 Å². The Kier molecular flexibility index (Phi) is 4.44.